The molecule has 1 aromatic carbocycles. The highest BCUT2D eigenvalue weighted by molar-refractivity contribution is 6.04. The van der Waals surface area contributed by atoms with Gasteiger partial charge in [-0.2, -0.15) is 0 Å². The number of hydrogen-bond acceptors (Lipinski definition) is 3. The SMILES string of the molecule is O=C(Nc1ccccc1)c1cncc(-c2cccnc2)c1. The number of nitrogens with one attached hydrogen (secondary N) is 1. The molecule has 3 rings (SSSR count). The Morgan fingerprint density at radius 1 is 0.857 bits per heavy atom. The van der Waals surface area contributed by atoms with Crippen LogP contribution >= 0.6 is 0 Å². The first-order chi connectivity index (χ1) is 10.3. The summed E-state index contributed by atoms with van der Waals surface area (Å²) < 4.78 is 0. The maximum atomic E-state index is 12.2. The van der Waals surface area contributed by atoms with Gasteiger partial charge in [-0.05, 0) is 24.3 Å². The fraction of sp³-hybridized carbons (Fsp3) is 0. The molecule has 0 saturated carbocycles. The standard InChI is InChI=1S/C17H13N3O/c21-17(20-16-6-2-1-3-7-16)15-9-14(11-19-12-15)13-5-4-8-18-10-13/h1-12H,(H,20,21). The lowest BCUT2D eigenvalue weighted by molar-refractivity contribution is 0.102. The molecule has 0 atom stereocenters. The van der Waals surface area contributed by atoms with E-state index in [0.29, 0.717) is 5.56 Å². The van der Waals surface area contributed by atoms with Gasteiger partial charge < -0.3 is 5.32 Å². The van der Waals surface area contributed by atoms with Crippen molar-refractivity contribution >= 4 is 11.6 Å². The molecule has 4 nitrogen and oxygen atoms in total. The lowest BCUT2D eigenvalue weighted by atomic mass is 10.1. The Bertz CT molecular complexity index is 742. The number of carbonyl (C=O) groups excluding carboxylic acids is 1. The third kappa shape index (κ3) is 3.12. The molecule has 0 aliphatic heterocycles. The topological polar surface area (TPSA) is 54.9 Å². The van der Waals surface area contributed by atoms with E-state index in [-0.39, 0.29) is 5.91 Å². The van der Waals surface area contributed by atoms with Crippen LogP contribution in [0, 0.1) is 0 Å². The molecule has 0 aliphatic rings. The van der Waals surface area contributed by atoms with Crippen molar-refractivity contribution in [3.05, 3.63) is 78.9 Å². The molecule has 0 aliphatic carbocycles. The minimum atomic E-state index is -0.181. The van der Waals surface area contributed by atoms with E-state index in [9.17, 15) is 4.79 Å². The minimum Gasteiger partial charge on any atom is -0.322 e. The highest BCUT2D eigenvalue weighted by Crippen LogP contribution is 2.18. The first-order valence-electron chi connectivity index (χ1n) is 6.55. The number of carbonyl (C=O) groups is 1. The number of amides is 1. The number of pyridine rings is 2. The third-order valence-electron chi connectivity index (χ3n) is 3.03. The summed E-state index contributed by atoms with van der Waals surface area (Å²) in [5, 5.41) is 2.84. The Morgan fingerprint density at radius 2 is 1.67 bits per heavy atom. The quantitative estimate of drug-likeness (QED) is 0.797. The van der Waals surface area contributed by atoms with Gasteiger partial charge in [-0.25, -0.2) is 0 Å². The number of benzene rings is 1. The second-order valence-electron chi connectivity index (χ2n) is 4.52. The molecule has 0 bridgehead atoms. The van der Waals surface area contributed by atoms with Gasteiger partial charge in [0.1, 0.15) is 0 Å². The summed E-state index contributed by atoms with van der Waals surface area (Å²) in [6.07, 6.45) is 6.73. The van der Waals surface area contributed by atoms with Crippen molar-refractivity contribution in [3.8, 4) is 11.1 Å². The Balaban J connectivity index is 1.85. The van der Waals surface area contributed by atoms with E-state index in [2.05, 4.69) is 15.3 Å². The van der Waals surface area contributed by atoms with Gasteiger partial charge in [0.25, 0.3) is 5.91 Å². The Labute approximate surface area is 122 Å². The van der Waals surface area contributed by atoms with Gasteiger partial charge in [0.05, 0.1) is 5.56 Å². The third-order valence-corrected chi connectivity index (χ3v) is 3.03. The highest BCUT2D eigenvalue weighted by Gasteiger charge is 2.08. The Morgan fingerprint density at radius 3 is 2.43 bits per heavy atom. The fourth-order valence-corrected chi connectivity index (χ4v) is 1.98. The van der Waals surface area contributed by atoms with Crippen LogP contribution in [-0.2, 0) is 0 Å². The number of para-hydroxylation sites is 1. The van der Waals surface area contributed by atoms with Gasteiger partial charge in [0.2, 0.25) is 0 Å². The first kappa shape index (κ1) is 13.0. The van der Waals surface area contributed by atoms with Gasteiger partial charge in [0.15, 0.2) is 0 Å². The molecule has 1 amide bonds. The fourth-order valence-electron chi connectivity index (χ4n) is 1.98. The predicted octanol–water partition coefficient (Wildman–Crippen LogP) is 3.40. The molecule has 2 heterocycles. The Hall–Kier alpha value is -3.01. The zero-order valence-corrected chi connectivity index (χ0v) is 11.2. The number of anilines is 1. The van der Waals surface area contributed by atoms with E-state index in [4.69, 9.17) is 0 Å². The van der Waals surface area contributed by atoms with Crippen molar-refractivity contribution in [2.45, 2.75) is 0 Å². The molecular formula is C17H13N3O. The van der Waals surface area contributed by atoms with Crippen molar-refractivity contribution in [3.63, 3.8) is 0 Å². The molecule has 3 aromatic rings. The number of hydrogen-bond donors (Lipinski definition) is 1. The summed E-state index contributed by atoms with van der Waals surface area (Å²) in [5.74, 6) is -0.181. The van der Waals surface area contributed by atoms with Crippen LogP contribution in [0.15, 0.2) is 73.3 Å². The van der Waals surface area contributed by atoms with Crippen LogP contribution in [0.4, 0.5) is 5.69 Å². The maximum Gasteiger partial charge on any atom is 0.257 e. The number of aromatic nitrogens is 2. The zero-order chi connectivity index (χ0) is 14.5. The van der Waals surface area contributed by atoms with Crippen LogP contribution in [0.3, 0.4) is 0 Å². The average Bonchev–Trinajstić information content (AvgIpc) is 2.57. The molecule has 2 aromatic heterocycles. The van der Waals surface area contributed by atoms with Crippen LogP contribution in [0.5, 0.6) is 0 Å². The van der Waals surface area contributed by atoms with Crippen molar-refractivity contribution in [1.29, 1.82) is 0 Å². The molecule has 1 N–H and O–H groups in total. The predicted molar refractivity (Wildman–Crippen MR) is 81.9 cm³/mol. The lowest BCUT2D eigenvalue weighted by Gasteiger charge is -2.06. The smallest absolute Gasteiger partial charge is 0.257 e. The van der Waals surface area contributed by atoms with Crippen molar-refractivity contribution < 1.29 is 4.79 Å². The van der Waals surface area contributed by atoms with Gasteiger partial charge in [-0.15, -0.1) is 0 Å². The largest absolute Gasteiger partial charge is 0.322 e. The molecule has 0 radical (unpaired) electrons. The molecule has 21 heavy (non-hydrogen) atoms. The molecule has 102 valence electrons. The van der Waals surface area contributed by atoms with Crippen LogP contribution in [0.1, 0.15) is 10.4 Å². The van der Waals surface area contributed by atoms with E-state index in [1.165, 1.54) is 0 Å². The monoisotopic (exact) mass is 275 g/mol. The minimum absolute atomic E-state index is 0.181. The summed E-state index contributed by atoms with van der Waals surface area (Å²) in [7, 11) is 0. The average molecular weight is 275 g/mol. The normalized spacial score (nSPS) is 10.1. The summed E-state index contributed by atoms with van der Waals surface area (Å²) in [4.78, 5) is 20.4. The van der Waals surface area contributed by atoms with E-state index in [1.54, 1.807) is 24.8 Å². The summed E-state index contributed by atoms with van der Waals surface area (Å²) in [6.45, 7) is 0. The summed E-state index contributed by atoms with van der Waals surface area (Å²) in [5.41, 5.74) is 3.07. The van der Waals surface area contributed by atoms with E-state index >= 15 is 0 Å². The molecule has 0 fully saturated rings. The van der Waals surface area contributed by atoms with E-state index in [0.717, 1.165) is 16.8 Å². The second kappa shape index (κ2) is 5.96. The first-order valence-corrected chi connectivity index (χ1v) is 6.55. The molecule has 4 heteroatoms. The van der Waals surface area contributed by atoms with Crippen molar-refractivity contribution in [2.75, 3.05) is 5.32 Å². The van der Waals surface area contributed by atoms with Crippen LogP contribution < -0.4 is 5.32 Å². The molecule has 0 saturated heterocycles. The summed E-state index contributed by atoms with van der Waals surface area (Å²) in [6, 6.07) is 14.9. The number of nitrogens with zero attached hydrogens (tertiary/aromatic N) is 2. The van der Waals surface area contributed by atoms with Crippen molar-refractivity contribution in [2.24, 2.45) is 0 Å². The molecule has 0 spiro atoms. The second-order valence-corrected chi connectivity index (χ2v) is 4.52. The lowest BCUT2D eigenvalue weighted by Crippen LogP contribution is -2.12. The van der Waals surface area contributed by atoms with Crippen molar-refractivity contribution in [1.82, 2.24) is 9.97 Å². The molecule has 0 unspecified atom stereocenters. The Kier molecular flexibility index (Phi) is 3.69. The number of rotatable bonds is 3. The van der Waals surface area contributed by atoms with Crippen LogP contribution in [-0.4, -0.2) is 15.9 Å². The van der Waals surface area contributed by atoms with Gasteiger partial charge in [-0.3, -0.25) is 14.8 Å². The maximum absolute atomic E-state index is 12.2. The van der Waals surface area contributed by atoms with Crippen LogP contribution in [0.2, 0.25) is 0 Å². The zero-order valence-electron chi connectivity index (χ0n) is 11.2. The van der Waals surface area contributed by atoms with Gasteiger partial charge >= 0.3 is 0 Å². The van der Waals surface area contributed by atoms with Gasteiger partial charge in [-0.1, -0.05) is 24.3 Å². The van der Waals surface area contributed by atoms with Gasteiger partial charge in [0, 0.05) is 41.6 Å². The van der Waals surface area contributed by atoms with E-state index in [1.807, 2.05) is 48.5 Å². The highest BCUT2D eigenvalue weighted by atomic mass is 16.1. The molecular weight excluding hydrogens is 262 g/mol. The van der Waals surface area contributed by atoms with E-state index < -0.39 is 0 Å². The summed E-state index contributed by atoms with van der Waals surface area (Å²) >= 11 is 0. The van der Waals surface area contributed by atoms with Crippen LogP contribution in [0.25, 0.3) is 11.1 Å².